The van der Waals surface area contributed by atoms with Gasteiger partial charge in [0, 0.05) is 24.7 Å². The molecule has 3 heterocycles. The number of fused-ring (bicyclic) bond motifs is 3. The molecule has 0 saturated heterocycles. The molecule has 2 aromatic heterocycles. The zero-order chi connectivity index (χ0) is 16.9. The molecule has 0 spiro atoms. The number of benzene rings is 1. The van der Waals surface area contributed by atoms with Crippen molar-refractivity contribution in [3.63, 3.8) is 0 Å². The van der Waals surface area contributed by atoms with Crippen LogP contribution >= 0.6 is 0 Å². The molecule has 6 nitrogen and oxygen atoms in total. The van der Waals surface area contributed by atoms with Crippen LogP contribution in [0.5, 0.6) is 0 Å². The fourth-order valence-electron chi connectivity index (χ4n) is 3.36. The first-order valence-corrected chi connectivity index (χ1v) is 9.28. The van der Waals surface area contributed by atoms with Crippen LogP contribution in [0.1, 0.15) is 22.3 Å². The Morgan fingerprint density at radius 1 is 1.21 bits per heavy atom. The van der Waals surface area contributed by atoms with Crippen molar-refractivity contribution in [3.8, 4) is 0 Å². The highest BCUT2D eigenvalue weighted by atomic mass is 32.2. The van der Waals surface area contributed by atoms with Crippen LogP contribution in [-0.4, -0.2) is 34.4 Å². The van der Waals surface area contributed by atoms with Crippen molar-refractivity contribution in [2.45, 2.75) is 31.7 Å². The van der Waals surface area contributed by atoms with Gasteiger partial charge in [0.05, 0.1) is 11.1 Å². The molecule has 0 unspecified atom stereocenters. The average molecular weight is 342 g/mol. The molecule has 0 fully saturated rings. The van der Waals surface area contributed by atoms with Crippen LogP contribution in [0.4, 0.5) is 0 Å². The van der Waals surface area contributed by atoms with Gasteiger partial charge in [-0.2, -0.15) is 9.40 Å². The first-order valence-electron chi connectivity index (χ1n) is 7.84. The molecule has 1 aliphatic rings. The molecule has 24 heavy (non-hydrogen) atoms. The monoisotopic (exact) mass is 342 g/mol. The second-order valence-electron chi connectivity index (χ2n) is 6.25. The van der Waals surface area contributed by atoms with E-state index in [9.17, 15) is 8.42 Å². The number of aromatic amines is 1. The topological polar surface area (TPSA) is 79.0 Å². The summed E-state index contributed by atoms with van der Waals surface area (Å²) in [7, 11) is -3.51. The number of nitrogens with one attached hydrogen (secondary N) is 1. The highest BCUT2D eigenvalue weighted by molar-refractivity contribution is 7.89. The lowest BCUT2D eigenvalue weighted by Gasteiger charge is -2.28. The maximum atomic E-state index is 13.0. The summed E-state index contributed by atoms with van der Waals surface area (Å²) in [6, 6.07) is 5.45. The normalized spacial score (nSPS) is 15.6. The summed E-state index contributed by atoms with van der Waals surface area (Å²) in [5.41, 5.74) is 4.68. The fourth-order valence-corrected chi connectivity index (χ4v) is 4.99. The minimum atomic E-state index is -3.51. The van der Waals surface area contributed by atoms with Gasteiger partial charge in [-0.15, -0.1) is 0 Å². The molecule has 0 aliphatic carbocycles. The van der Waals surface area contributed by atoms with Gasteiger partial charge in [0.1, 0.15) is 0 Å². The number of pyridine rings is 1. The van der Waals surface area contributed by atoms with Gasteiger partial charge < -0.3 is 0 Å². The Morgan fingerprint density at radius 3 is 2.83 bits per heavy atom. The molecule has 1 aliphatic heterocycles. The summed E-state index contributed by atoms with van der Waals surface area (Å²) in [5, 5.41) is 7.86. The third-order valence-electron chi connectivity index (χ3n) is 4.59. The van der Waals surface area contributed by atoms with Crippen LogP contribution in [0.2, 0.25) is 0 Å². The second kappa shape index (κ2) is 5.39. The molecule has 4 rings (SSSR count). The van der Waals surface area contributed by atoms with E-state index in [-0.39, 0.29) is 0 Å². The van der Waals surface area contributed by atoms with Crippen molar-refractivity contribution >= 4 is 21.1 Å². The van der Waals surface area contributed by atoms with Gasteiger partial charge in [-0.1, -0.05) is 17.7 Å². The van der Waals surface area contributed by atoms with Crippen LogP contribution in [0, 0.1) is 13.8 Å². The zero-order valence-electron chi connectivity index (χ0n) is 13.6. The van der Waals surface area contributed by atoms with Crippen molar-refractivity contribution in [2.24, 2.45) is 0 Å². The van der Waals surface area contributed by atoms with Gasteiger partial charge in [-0.25, -0.2) is 13.4 Å². The van der Waals surface area contributed by atoms with Crippen LogP contribution < -0.4 is 0 Å². The number of hydrogen-bond acceptors (Lipinski definition) is 4. The van der Waals surface area contributed by atoms with Crippen molar-refractivity contribution in [3.05, 3.63) is 52.8 Å². The summed E-state index contributed by atoms with van der Waals surface area (Å²) in [5.74, 6) is 0. The number of nitrogens with zero attached hydrogens (tertiary/aromatic N) is 3. The van der Waals surface area contributed by atoms with E-state index < -0.39 is 10.0 Å². The van der Waals surface area contributed by atoms with E-state index in [1.165, 1.54) is 0 Å². The Hall–Kier alpha value is -2.25. The van der Waals surface area contributed by atoms with E-state index in [2.05, 4.69) is 15.2 Å². The molecular formula is C17H18N4O2S. The second-order valence-corrected chi connectivity index (χ2v) is 8.16. The minimum Gasteiger partial charge on any atom is -0.261 e. The van der Waals surface area contributed by atoms with Crippen LogP contribution in [-0.2, 0) is 23.0 Å². The van der Waals surface area contributed by atoms with Gasteiger partial charge in [-0.05, 0) is 43.0 Å². The number of rotatable bonds is 2. The van der Waals surface area contributed by atoms with E-state index in [0.717, 1.165) is 33.3 Å². The van der Waals surface area contributed by atoms with Crippen molar-refractivity contribution in [2.75, 3.05) is 6.54 Å². The van der Waals surface area contributed by atoms with Crippen molar-refractivity contribution < 1.29 is 8.42 Å². The third-order valence-corrected chi connectivity index (χ3v) is 6.59. The molecule has 0 bridgehead atoms. The number of H-pyrrole nitrogens is 1. The molecule has 1 aromatic carbocycles. The molecule has 0 atom stereocenters. The first-order chi connectivity index (χ1) is 11.5. The Balaban J connectivity index is 1.73. The van der Waals surface area contributed by atoms with Gasteiger partial charge in [-0.3, -0.25) is 5.10 Å². The molecular weight excluding hydrogens is 324 g/mol. The van der Waals surface area contributed by atoms with Gasteiger partial charge in [0.15, 0.2) is 5.65 Å². The lowest BCUT2D eigenvalue weighted by atomic mass is 10.0. The highest BCUT2D eigenvalue weighted by Crippen LogP contribution is 2.29. The summed E-state index contributed by atoms with van der Waals surface area (Å²) in [4.78, 5) is 4.72. The van der Waals surface area contributed by atoms with Gasteiger partial charge in [0.2, 0.25) is 10.0 Å². The predicted octanol–water partition coefficient (Wildman–Crippen LogP) is 2.32. The Bertz CT molecular complexity index is 1040. The molecule has 7 heteroatoms. The number of aromatic nitrogens is 3. The Morgan fingerprint density at radius 2 is 2.04 bits per heavy atom. The fraction of sp³-hybridized carbons (Fsp3) is 0.294. The molecule has 0 saturated carbocycles. The molecule has 1 N–H and O–H groups in total. The van der Waals surface area contributed by atoms with E-state index in [1.54, 1.807) is 22.8 Å². The maximum Gasteiger partial charge on any atom is 0.243 e. The van der Waals surface area contributed by atoms with Crippen LogP contribution in [0.15, 0.2) is 35.5 Å². The summed E-state index contributed by atoms with van der Waals surface area (Å²) in [6.45, 7) is 4.61. The molecule has 3 aromatic rings. The number of sulfonamides is 1. The standard InChI is InChI=1S/C17H18N4O2S/c1-11-3-4-16(12(2)7-11)24(22,23)21-6-5-14-13(10-21)8-18-17-15(14)9-19-20-17/h3-4,7-9H,5-6,10H2,1-2H3,(H,18,19,20). The maximum absolute atomic E-state index is 13.0. The van der Waals surface area contributed by atoms with Crippen LogP contribution in [0.25, 0.3) is 11.0 Å². The zero-order valence-corrected chi connectivity index (χ0v) is 14.4. The summed E-state index contributed by atoms with van der Waals surface area (Å²) >= 11 is 0. The van der Waals surface area contributed by atoms with E-state index in [0.29, 0.717) is 24.4 Å². The summed E-state index contributed by atoms with van der Waals surface area (Å²) < 4.78 is 27.6. The first kappa shape index (κ1) is 15.3. The largest absolute Gasteiger partial charge is 0.261 e. The Kier molecular flexibility index (Phi) is 3.43. The van der Waals surface area contributed by atoms with Crippen molar-refractivity contribution in [1.29, 1.82) is 0 Å². The highest BCUT2D eigenvalue weighted by Gasteiger charge is 2.30. The van der Waals surface area contributed by atoms with E-state index in [1.807, 2.05) is 26.0 Å². The van der Waals surface area contributed by atoms with Gasteiger partial charge in [0.25, 0.3) is 0 Å². The predicted molar refractivity (Wildman–Crippen MR) is 91.1 cm³/mol. The number of aryl methyl sites for hydroxylation is 2. The summed E-state index contributed by atoms with van der Waals surface area (Å²) in [6.07, 6.45) is 4.17. The lowest BCUT2D eigenvalue weighted by Crippen LogP contribution is -2.36. The smallest absolute Gasteiger partial charge is 0.243 e. The average Bonchev–Trinajstić information content (AvgIpc) is 3.03. The molecule has 0 amide bonds. The Labute approximate surface area is 140 Å². The van der Waals surface area contributed by atoms with Crippen molar-refractivity contribution in [1.82, 2.24) is 19.5 Å². The van der Waals surface area contributed by atoms with Gasteiger partial charge >= 0.3 is 0 Å². The quantitative estimate of drug-likeness (QED) is 0.775. The SMILES string of the molecule is Cc1ccc(S(=O)(=O)N2CCc3c(cnc4[nH]ncc34)C2)c(C)c1. The molecule has 124 valence electrons. The number of hydrogen-bond donors (Lipinski definition) is 1. The third kappa shape index (κ3) is 2.32. The lowest BCUT2D eigenvalue weighted by molar-refractivity contribution is 0.391. The van der Waals surface area contributed by atoms with E-state index in [4.69, 9.17) is 0 Å². The molecule has 0 radical (unpaired) electrons. The minimum absolute atomic E-state index is 0.346. The van der Waals surface area contributed by atoms with E-state index >= 15 is 0 Å². The van der Waals surface area contributed by atoms with Crippen LogP contribution in [0.3, 0.4) is 0 Å².